The summed E-state index contributed by atoms with van der Waals surface area (Å²) in [5.74, 6) is -2.96. The molecule has 1 atom stereocenters. The molecule has 1 aliphatic carbocycles. The number of likely N-dealkylation sites (tertiary alicyclic amines) is 1. The van der Waals surface area contributed by atoms with E-state index in [1.165, 1.54) is 16.9 Å². The van der Waals surface area contributed by atoms with Crippen LogP contribution in [0.1, 0.15) is 25.7 Å². The molecule has 0 radical (unpaired) electrons. The summed E-state index contributed by atoms with van der Waals surface area (Å²) >= 11 is 0. The van der Waals surface area contributed by atoms with Crippen LogP contribution < -0.4 is 0 Å². The van der Waals surface area contributed by atoms with Gasteiger partial charge in [-0.25, -0.2) is 0 Å². The molecular weight excluding hydrogens is 324 g/mol. The van der Waals surface area contributed by atoms with Gasteiger partial charge in [0.05, 0.1) is 7.11 Å². The van der Waals surface area contributed by atoms with Crippen molar-refractivity contribution in [1.82, 2.24) is 9.80 Å². The second kappa shape index (κ2) is 8.60. The van der Waals surface area contributed by atoms with Crippen LogP contribution in [0.2, 0.25) is 0 Å². The third-order valence-corrected chi connectivity index (χ3v) is 4.42. The number of ketones is 1. The third kappa shape index (κ3) is 4.78. The van der Waals surface area contributed by atoms with E-state index in [4.69, 9.17) is 0 Å². The Kier molecular flexibility index (Phi) is 6.50. The molecule has 1 aliphatic heterocycles. The van der Waals surface area contributed by atoms with E-state index in [-0.39, 0.29) is 31.4 Å². The summed E-state index contributed by atoms with van der Waals surface area (Å²) in [6, 6.07) is 0. The molecule has 2 amide bonds. The summed E-state index contributed by atoms with van der Waals surface area (Å²) in [5.41, 5.74) is 1.04. The predicted molar refractivity (Wildman–Crippen MR) is 90.4 cm³/mol. The molecule has 1 fully saturated rings. The van der Waals surface area contributed by atoms with Crippen LogP contribution in [0.25, 0.3) is 0 Å². The molecule has 1 unspecified atom stereocenters. The van der Waals surface area contributed by atoms with Crippen LogP contribution in [0.15, 0.2) is 23.8 Å². The molecule has 25 heavy (non-hydrogen) atoms. The van der Waals surface area contributed by atoms with E-state index in [0.717, 1.165) is 18.4 Å². The highest BCUT2D eigenvalue weighted by Crippen LogP contribution is 2.19. The van der Waals surface area contributed by atoms with Crippen molar-refractivity contribution in [2.75, 3.05) is 33.8 Å². The lowest BCUT2D eigenvalue weighted by molar-refractivity contribution is -0.144. The number of amides is 2. The zero-order valence-corrected chi connectivity index (χ0v) is 14.7. The van der Waals surface area contributed by atoms with Gasteiger partial charge in [-0.15, -0.1) is 0 Å². The molecule has 1 heterocycles. The molecule has 7 nitrogen and oxygen atoms in total. The fourth-order valence-corrected chi connectivity index (χ4v) is 2.99. The Morgan fingerprint density at radius 1 is 1.32 bits per heavy atom. The molecule has 136 valence electrons. The van der Waals surface area contributed by atoms with Crippen molar-refractivity contribution in [3.05, 3.63) is 23.8 Å². The normalized spacial score (nSPS) is 19.8. The van der Waals surface area contributed by atoms with Crippen molar-refractivity contribution >= 4 is 23.6 Å². The molecule has 0 saturated carbocycles. The first-order valence-electron chi connectivity index (χ1n) is 8.44. The Labute approximate surface area is 147 Å². The van der Waals surface area contributed by atoms with E-state index >= 15 is 0 Å². The zero-order chi connectivity index (χ0) is 18.4. The maximum absolute atomic E-state index is 12.5. The van der Waals surface area contributed by atoms with E-state index in [2.05, 4.69) is 16.9 Å². The lowest BCUT2D eigenvalue weighted by Gasteiger charge is -2.22. The minimum atomic E-state index is -0.955. The van der Waals surface area contributed by atoms with Gasteiger partial charge in [-0.3, -0.25) is 19.2 Å². The van der Waals surface area contributed by atoms with Crippen molar-refractivity contribution in [2.45, 2.75) is 25.7 Å². The summed E-state index contributed by atoms with van der Waals surface area (Å²) in [4.78, 5) is 50.7. The van der Waals surface area contributed by atoms with Gasteiger partial charge in [-0.1, -0.05) is 18.2 Å². The van der Waals surface area contributed by atoms with E-state index < -0.39 is 17.6 Å². The third-order valence-electron chi connectivity index (χ3n) is 4.42. The van der Waals surface area contributed by atoms with Gasteiger partial charge in [0, 0.05) is 33.1 Å². The SMILES string of the molecule is COC(=O)CCCN1CC(C(=O)N(C)CC2=CCCC=C2)C(=O)C1=O. The summed E-state index contributed by atoms with van der Waals surface area (Å²) in [6.45, 7) is 0.771. The molecule has 0 bridgehead atoms. The highest BCUT2D eigenvalue weighted by molar-refractivity contribution is 6.42. The van der Waals surface area contributed by atoms with Crippen LogP contribution >= 0.6 is 0 Å². The van der Waals surface area contributed by atoms with Gasteiger partial charge in [0.2, 0.25) is 11.7 Å². The summed E-state index contributed by atoms with van der Waals surface area (Å²) in [5, 5.41) is 0. The number of hydrogen-bond donors (Lipinski definition) is 0. The monoisotopic (exact) mass is 348 g/mol. The van der Waals surface area contributed by atoms with Crippen LogP contribution in [-0.4, -0.2) is 67.2 Å². The van der Waals surface area contributed by atoms with Crippen LogP contribution in [0, 0.1) is 5.92 Å². The van der Waals surface area contributed by atoms with E-state index in [9.17, 15) is 19.2 Å². The van der Waals surface area contributed by atoms with E-state index in [1.807, 2.05) is 6.08 Å². The Hall–Kier alpha value is -2.44. The minimum absolute atomic E-state index is 0.0803. The van der Waals surface area contributed by atoms with Crippen LogP contribution in [-0.2, 0) is 23.9 Å². The maximum Gasteiger partial charge on any atom is 0.305 e. The number of ether oxygens (including phenoxy) is 1. The first-order chi connectivity index (χ1) is 11.9. The number of allylic oxidation sites excluding steroid dienone is 2. The van der Waals surface area contributed by atoms with Gasteiger partial charge in [-0.05, 0) is 24.8 Å². The van der Waals surface area contributed by atoms with Gasteiger partial charge in [-0.2, -0.15) is 0 Å². The van der Waals surface area contributed by atoms with Crippen molar-refractivity contribution < 1.29 is 23.9 Å². The average molecular weight is 348 g/mol. The van der Waals surface area contributed by atoms with Crippen molar-refractivity contribution in [3.8, 4) is 0 Å². The fraction of sp³-hybridized carbons (Fsp3) is 0.556. The van der Waals surface area contributed by atoms with Gasteiger partial charge in [0.25, 0.3) is 5.91 Å². The molecule has 2 aliphatic rings. The molecule has 0 aromatic heterocycles. The summed E-state index contributed by atoms with van der Waals surface area (Å²) in [7, 11) is 2.94. The topological polar surface area (TPSA) is 84.0 Å². The van der Waals surface area contributed by atoms with Crippen molar-refractivity contribution in [3.63, 3.8) is 0 Å². The lowest BCUT2D eigenvalue weighted by Crippen LogP contribution is -2.38. The number of rotatable bonds is 7. The predicted octanol–water partition coefficient (Wildman–Crippen LogP) is 0.702. The summed E-state index contributed by atoms with van der Waals surface area (Å²) < 4.78 is 4.54. The Bertz CT molecular complexity index is 623. The van der Waals surface area contributed by atoms with Gasteiger partial charge in [0.1, 0.15) is 5.92 Å². The van der Waals surface area contributed by atoms with Crippen LogP contribution in [0.4, 0.5) is 0 Å². The minimum Gasteiger partial charge on any atom is -0.469 e. The Morgan fingerprint density at radius 3 is 2.72 bits per heavy atom. The molecule has 2 rings (SSSR count). The first kappa shape index (κ1) is 18.9. The highest BCUT2D eigenvalue weighted by atomic mass is 16.5. The second-order valence-electron chi connectivity index (χ2n) is 6.30. The number of likely N-dealkylation sites (N-methyl/N-ethyl adjacent to an activating group) is 1. The number of carbonyl (C=O) groups is 4. The quantitative estimate of drug-likeness (QED) is 0.384. The second-order valence-corrected chi connectivity index (χ2v) is 6.30. The Balaban J connectivity index is 1.90. The zero-order valence-electron chi connectivity index (χ0n) is 14.7. The molecule has 7 heteroatoms. The average Bonchev–Trinajstić information content (AvgIpc) is 2.90. The standard InChI is InChI=1S/C18H24N2O5/c1-19(11-13-7-4-3-5-8-13)17(23)14-12-20(18(24)16(14)22)10-6-9-15(21)25-2/h4,7-8,14H,3,5-6,9-12H2,1-2H3. The number of carbonyl (C=O) groups excluding carboxylic acids is 4. The molecule has 0 spiro atoms. The molecule has 0 aromatic rings. The lowest BCUT2D eigenvalue weighted by atomic mass is 10.0. The molecular formula is C18H24N2O5. The highest BCUT2D eigenvalue weighted by Gasteiger charge is 2.43. The number of methoxy groups -OCH3 is 1. The van der Waals surface area contributed by atoms with Gasteiger partial charge >= 0.3 is 5.97 Å². The van der Waals surface area contributed by atoms with Gasteiger partial charge < -0.3 is 14.5 Å². The van der Waals surface area contributed by atoms with Crippen LogP contribution in [0.3, 0.4) is 0 Å². The van der Waals surface area contributed by atoms with Gasteiger partial charge in [0.15, 0.2) is 0 Å². The number of nitrogens with zero attached hydrogens (tertiary/aromatic N) is 2. The van der Waals surface area contributed by atoms with E-state index in [1.54, 1.807) is 7.05 Å². The van der Waals surface area contributed by atoms with E-state index in [0.29, 0.717) is 13.0 Å². The van der Waals surface area contributed by atoms with Crippen molar-refractivity contribution in [1.29, 1.82) is 0 Å². The molecule has 0 N–H and O–H groups in total. The van der Waals surface area contributed by atoms with Crippen molar-refractivity contribution in [2.24, 2.45) is 5.92 Å². The maximum atomic E-state index is 12.5. The Morgan fingerprint density at radius 2 is 2.08 bits per heavy atom. The molecule has 1 saturated heterocycles. The molecule has 0 aromatic carbocycles. The number of Topliss-reactive ketones (excluding diaryl/α,β-unsaturated/α-hetero) is 1. The summed E-state index contributed by atoms with van der Waals surface area (Å²) in [6.07, 6.45) is 8.63. The first-order valence-corrected chi connectivity index (χ1v) is 8.44. The number of hydrogen-bond acceptors (Lipinski definition) is 5. The van der Waals surface area contributed by atoms with Crippen LogP contribution in [0.5, 0.6) is 0 Å². The number of esters is 1. The smallest absolute Gasteiger partial charge is 0.305 e. The largest absolute Gasteiger partial charge is 0.469 e. The fourth-order valence-electron chi connectivity index (χ4n) is 2.99.